The summed E-state index contributed by atoms with van der Waals surface area (Å²) < 4.78 is 0.958. The zero-order valence-corrected chi connectivity index (χ0v) is 15.5. The predicted molar refractivity (Wildman–Crippen MR) is 98.2 cm³/mol. The van der Waals surface area contributed by atoms with Crippen LogP contribution in [0.5, 0.6) is 0 Å². The van der Waals surface area contributed by atoms with Crippen LogP contribution < -0.4 is 5.32 Å². The van der Waals surface area contributed by atoms with E-state index in [2.05, 4.69) is 38.4 Å². The number of carbonyl (C=O) groups is 1. The number of aromatic amines is 1. The predicted octanol–water partition coefficient (Wildman–Crippen LogP) is 3.21. The average Bonchev–Trinajstić information content (AvgIpc) is 2.95. The maximum Gasteiger partial charge on any atom is 0.274 e. The van der Waals surface area contributed by atoms with Crippen molar-refractivity contribution in [2.45, 2.75) is 19.8 Å². The summed E-state index contributed by atoms with van der Waals surface area (Å²) in [5.41, 5.74) is 1.43. The molecule has 0 atom stereocenters. The Morgan fingerprint density at radius 2 is 2.17 bits per heavy atom. The molecule has 126 valence electrons. The van der Waals surface area contributed by atoms with Gasteiger partial charge >= 0.3 is 0 Å². The highest BCUT2D eigenvalue weighted by atomic mass is 79.9. The molecule has 2 heterocycles. The van der Waals surface area contributed by atoms with Crippen molar-refractivity contribution >= 4 is 45.1 Å². The molecule has 2 aromatic rings. The summed E-state index contributed by atoms with van der Waals surface area (Å²) in [6.45, 7) is 5.82. The normalized spacial score (nSPS) is 15.7. The first-order valence-electron chi connectivity index (χ1n) is 7.82. The second-order valence-electron chi connectivity index (χ2n) is 5.81. The summed E-state index contributed by atoms with van der Waals surface area (Å²) in [5, 5.41) is 11.5. The van der Waals surface area contributed by atoms with E-state index in [1.54, 1.807) is 0 Å². The number of hydrogen-bond donors (Lipinski definition) is 2. The number of piperidine rings is 1. The van der Waals surface area contributed by atoms with Gasteiger partial charge in [-0.05, 0) is 50.0 Å². The maximum atomic E-state index is 12.7. The molecule has 1 fully saturated rings. The molecule has 1 amide bonds. The van der Waals surface area contributed by atoms with Gasteiger partial charge in [0.25, 0.3) is 5.91 Å². The minimum absolute atomic E-state index is 0. The van der Waals surface area contributed by atoms with Crippen molar-refractivity contribution < 1.29 is 4.79 Å². The number of halogens is 2. The molecule has 2 N–H and O–H groups in total. The van der Waals surface area contributed by atoms with Crippen LogP contribution in [0.15, 0.2) is 22.7 Å². The van der Waals surface area contributed by atoms with E-state index in [1.807, 2.05) is 23.1 Å². The van der Waals surface area contributed by atoms with E-state index in [4.69, 9.17) is 0 Å². The quantitative estimate of drug-likeness (QED) is 0.827. The number of hydrogen-bond acceptors (Lipinski definition) is 3. The van der Waals surface area contributed by atoms with Gasteiger partial charge in [-0.15, -0.1) is 12.4 Å². The van der Waals surface area contributed by atoms with Crippen LogP contribution in [0.25, 0.3) is 10.9 Å². The second-order valence-corrected chi connectivity index (χ2v) is 6.72. The van der Waals surface area contributed by atoms with Crippen molar-refractivity contribution in [1.29, 1.82) is 0 Å². The van der Waals surface area contributed by atoms with E-state index in [0.29, 0.717) is 11.6 Å². The van der Waals surface area contributed by atoms with Crippen LogP contribution in [0.3, 0.4) is 0 Å². The van der Waals surface area contributed by atoms with Crippen LogP contribution in [0, 0.1) is 5.92 Å². The second kappa shape index (κ2) is 8.13. The molecule has 1 aliphatic rings. The van der Waals surface area contributed by atoms with Gasteiger partial charge in [0.15, 0.2) is 5.69 Å². The van der Waals surface area contributed by atoms with Crippen molar-refractivity contribution in [3.8, 4) is 0 Å². The summed E-state index contributed by atoms with van der Waals surface area (Å²) in [7, 11) is 0. The smallest absolute Gasteiger partial charge is 0.274 e. The minimum Gasteiger partial charge on any atom is -0.337 e. The number of aromatic nitrogens is 2. The molecule has 0 spiro atoms. The summed E-state index contributed by atoms with van der Waals surface area (Å²) in [6, 6.07) is 5.83. The molecule has 1 aromatic carbocycles. The Hall–Kier alpha value is -1.11. The lowest BCUT2D eigenvalue weighted by Gasteiger charge is -2.31. The van der Waals surface area contributed by atoms with Crippen molar-refractivity contribution in [1.82, 2.24) is 20.4 Å². The molecule has 0 radical (unpaired) electrons. The lowest BCUT2D eigenvalue weighted by atomic mass is 9.96. The lowest BCUT2D eigenvalue weighted by Crippen LogP contribution is -2.41. The number of H-pyrrole nitrogens is 1. The number of benzene rings is 1. The topological polar surface area (TPSA) is 61.0 Å². The van der Waals surface area contributed by atoms with Crippen LogP contribution in [0.1, 0.15) is 30.3 Å². The summed E-state index contributed by atoms with van der Waals surface area (Å²) in [6.07, 6.45) is 2.12. The third-order valence-electron chi connectivity index (χ3n) is 4.31. The molecule has 0 unspecified atom stereocenters. The number of carbonyl (C=O) groups excluding carboxylic acids is 1. The Morgan fingerprint density at radius 3 is 2.87 bits per heavy atom. The Labute approximate surface area is 150 Å². The van der Waals surface area contributed by atoms with Crippen LogP contribution in [0.2, 0.25) is 0 Å². The summed E-state index contributed by atoms with van der Waals surface area (Å²) in [5.74, 6) is 0.709. The fraction of sp³-hybridized carbons (Fsp3) is 0.500. The third-order valence-corrected chi connectivity index (χ3v) is 4.81. The number of likely N-dealkylation sites (tertiary alicyclic amines) is 1. The van der Waals surface area contributed by atoms with Crippen molar-refractivity contribution in [2.24, 2.45) is 5.92 Å². The van der Waals surface area contributed by atoms with E-state index in [1.165, 1.54) is 0 Å². The van der Waals surface area contributed by atoms with E-state index < -0.39 is 0 Å². The van der Waals surface area contributed by atoms with Gasteiger partial charge in [-0.25, -0.2) is 0 Å². The molecule has 1 aliphatic heterocycles. The first kappa shape index (κ1) is 18.2. The van der Waals surface area contributed by atoms with Gasteiger partial charge in [-0.3, -0.25) is 9.89 Å². The molecule has 5 nitrogen and oxygen atoms in total. The van der Waals surface area contributed by atoms with E-state index in [-0.39, 0.29) is 18.3 Å². The van der Waals surface area contributed by atoms with Gasteiger partial charge in [-0.2, -0.15) is 5.10 Å². The molecule has 0 saturated carbocycles. The first-order chi connectivity index (χ1) is 10.7. The van der Waals surface area contributed by atoms with Crippen LogP contribution >= 0.6 is 28.3 Å². The molecule has 23 heavy (non-hydrogen) atoms. The zero-order valence-electron chi connectivity index (χ0n) is 13.1. The highest BCUT2D eigenvalue weighted by Crippen LogP contribution is 2.24. The minimum atomic E-state index is 0. The van der Waals surface area contributed by atoms with Crippen LogP contribution in [0.4, 0.5) is 0 Å². The molecule has 1 saturated heterocycles. The fourth-order valence-corrected chi connectivity index (χ4v) is 3.35. The Balaban J connectivity index is 0.00000192. The average molecular weight is 402 g/mol. The maximum absolute atomic E-state index is 12.7. The molecule has 3 rings (SSSR count). The lowest BCUT2D eigenvalue weighted by molar-refractivity contribution is 0.0686. The van der Waals surface area contributed by atoms with Gasteiger partial charge in [-0.1, -0.05) is 22.9 Å². The number of nitrogens with one attached hydrogen (secondary N) is 2. The number of fused-ring (bicyclic) bond motifs is 1. The number of amides is 1. The van der Waals surface area contributed by atoms with E-state index >= 15 is 0 Å². The van der Waals surface area contributed by atoms with Gasteiger partial charge in [0.05, 0.1) is 5.52 Å². The molecular weight excluding hydrogens is 380 g/mol. The van der Waals surface area contributed by atoms with Crippen LogP contribution in [-0.4, -0.2) is 47.2 Å². The molecule has 7 heteroatoms. The molecule has 1 aromatic heterocycles. The zero-order chi connectivity index (χ0) is 15.5. The van der Waals surface area contributed by atoms with Crippen molar-refractivity contribution in [2.75, 3.05) is 26.2 Å². The van der Waals surface area contributed by atoms with Gasteiger partial charge in [0, 0.05) is 22.9 Å². The SMILES string of the molecule is CCNCC1CCN(C(=O)c2n[nH]c3ccc(Br)cc23)CC1.Cl. The van der Waals surface area contributed by atoms with Crippen molar-refractivity contribution in [3.05, 3.63) is 28.4 Å². The Morgan fingerprint density at radius 1 is 1.43 bits per heavy atom. The summed E-state index contributed by atoms with van der Waals surface area (Å²) in [4.78, 5) is 14.6. The Bertz CT molecular complexity index is 667. The standard InChI is InChI=1S/C16H21BrN4O.ClH/c1-2-18-10-11-5-7-21(8-6-11)16(22)15-13-9-12(17)3-4-14(13)19-20-15;/h3-4,9,11,18H,2,5-8,10H2,1H3,(H,19,20);1H. The molecule has 0 aliphatic carbocycles. The van der Waals surface area contributed by atoms with Gasteiger partial charge in [0.2, 0.25) is 0 Å². The first-order valence-corrected chi connectivity index (χ1v) is 8.62. The summed E-state index contributed by atoms with van der Waals surface area (Å²) >= 11 is 3.45. The number of nitrogens with zero attached hydrogens (tertiary/aromatic N) is 2. The van der Waals surface area contributed by atoms with E-state index in [9.17, 15) is 4.79 Å². The molecule has 0 bridgehead atoms. The Kier molecular flexibility index (Phi) is 6.44. The van der Waals surface area contributed by atoms with Gasteiger partial charge in [0.1, 0.15) is 0 Å². The fourth-order valence-electron chi connectivity index (χ4n) is 2.99. The highest BCUT2D eigenvalue weighted by Gasteiger charge is 2.26. The monoisotopic (exact) mass is 400 g/mol. The largest absolute Gasteiger partial charge is 0.337 e. The number of rotatable bonds is 4. The highest BCUT2D eigenvalue weighted by molar-refractivity contribution is 9.10. The van der Waals surface area contributed by atoms with E-state index in [0.717, 1.165) is 54.4 Å². The van der Waals surface area contributed by atoms with Crippen molar-refractivity contribution in [3.63, 3.8) is 0 Å². The van der Waals surface area contributed by atoms with Crippen LogP contribution in [-0.2, 0) is 0 Å². The molecular formula is C16H22BrClN4O. The third kappa shape index (κ3) is 4.05. The van der Waals surface area contributed by atoms with Gasteiger partial charge < -0.3 is 10.2 Å².